The highest BCUT2D eigenvalue weighted by Crippen LogP contribution is 2.35. The van der Waals surface area contributed by atoms with Gasteiger partial charge in [0.1, 0.15) is 0 Å². The molecule has 0 bridgehead atoms. The molecule has 0 aliphatic rings. The van der Waals surface area contributed by atoms with Gasteiger partial charge in [0, 0.05) is 10.6 Å². The molecule has 0 saturated heterocycles. The Morgan fingerprint density at radius 3 is 2.57 bits per heavy atom. The van der Waals surface area contributed by atoms with Crippen LogP contribution in [0.1, 0.15) is 43.0 Å². The molecule has 2 aromatic carbocycles. The number of unbranched alkanes of at least 4 members (excludes halogenated alkanes) is 3. The molecule has 0 spiro atoms. The Morgan fingerprint density at radius 1 is 1.11 bits per heavy atom. The van der Waals surface area contributed by atoms with Gasteiger partial charge in [-0.3, -0.25) is 10.1 Å². The van der Waals surface area contributed by atoms with Crippen molar-refractivity contribution in [3.63, 3.8) is 0 Å². The van der Waals surface area contributed by atoms with Gasteiger partial charge in [0.2, 0.25) is 0 Å². The number of hydrogen-bond acceptors (Lipinski definition) is 4. The molecule has 3 rings (SSSR count). The zero-order chi connectivity index (χ0) is 20.1. The number of rotatable bonds is 8. The lowest BCUT2D eigenvalue weighted by molar-refractivity contribution is 0.102. The fourth-order valence-electron chi connectivity index (χ4n) is 2.65. The van der Waals surface area contributed by atoms with E-state index in [1.807, 2.05) is 12.1 Å². The molecular weight excluding hydrogens is 439 g/mol. The number of aromatic nitrogens is 1. The van der Waals surface area contributed by atoms with Crippen LogP contribution >= 0.6 is 46.1 Å². The van der Waals surface area contributed by atoms with Crippen LogP contribution in [-0.2, 0) is 0 Å². The van der Waals surface area contributed by atoms with Crippen molar-refractivity contribution >= 4 is 67.4 Å². The van der Waals surface area contributed by atoms with Crippen molar-refractivity contribution in [3.05, 3.63) is 51.0 Å². The number of benzene rings is 2. The summed E-state index contributed by atoms with van der Waals surface area (Å²) in [6, 6.07) is 8.48. The summed E-state index contributed by atoms with van der Waals surface area (Å²) in [7, 11) is 0. The lowest BCUT2D eigenvalue weighted by Crippen LogP contribution is -2.12. The van der Waals surface area contributed by atoms with Gasteiger partial charge in [-0.1, -0.05) is 72.3 Å². The van der Waals surface area contributed by atoms with Crippen LogP contribution < -0.4 is 10.1 Å². The first kappa shape index (κ1) is 21.2. The Balaban J connectivity index is 1.69. The minimum Gasteiger partial charge on any atom is -0.490 e. The first-order chi connectivity index (χ1) is 13.5. The van der Waals surface area contributed by atoms with Crippen LogP contribution in [0.2, 0.25) is 15.1 Å². The Bertz CT molecular complexity index is 968. The van der Waals surface area contributed by atoms with E-state index in [4.69, 9.17) is 39.5 Å². The van der Waals surface area contributed by atoms with Gasteiger partial charge in [0.25, 0.3) is 5.91 Å². The van der Waals surface area contributed by atoms with Gasteiger partial charge in [0.15, 0.2) is 10.9 Å². The molecule has 0 fully saturated rings. The predicted octanol–water partition coefficient (Wildman–Crippen LogP) is 7.47. The lowest BCUT2D eigenvalue weighted by atomic mass is 10.2. The molecule has 148 valence electrons. The van der Waals surface area contributed by atoms with Crippen molar-refractivity contribution in [2.75, 3.05) is 11.9 Å². The van der Waals surface area contributed by atoms with Gasteiger partial charge in [-0.25, -0.2) is 4.98 Å². The summed E-state index contributed by atoms with van der Waals surface area (Å²) in [4.78, 5) is 17.0. The van der Waals surface area contributed by atoms with E-state index < -0.39 is 0 Å². The van der Waals surface area contributed by atoms with E-state index in [9.17, 15) is 4.79 Å². The van der Waals surface area contributed by atoms with E-state index in [0.717, 1.165) is 29.5 Å². The molecule has 0 atom stereocenters. The smallest absolute Gasteiger partial charge is 0.257 e. The number of hydrogen-bond donors (Lipinski definition) is 1. The van der Waals surface area contributed by atoms with Crippen LogP contribution in [0.4, 0.5) is 5.13 Å². The molecule has 28 heavy (non-hydrogen) atoms. The number of anilines is 1. The molecule has 0 aliphatic heterocycles. The third kappa shape index (κ3) is 5.29. The van der Waals surface area contributed by atoms with Gasteiger partial charge in [-0.05, 0) is 36.8 Å². The molecule has 1 aromatic heterocycles. The Kier molecular flexibility index (Phi) is 7.41. The molecule has 3 aromatic rings. The van der Waals surface area contributed by atoms with E-state index in [2.05, 4.69) is 17.2 Å². The van der Waals surface area contributed by atoms with Gasteiger partial charge in [-0.15, -0.1) is 0 Å². The number of ether oxygens (including phenoxy) is 1. The highest BCUT2D eigenvalue weighted by Gasteiger charge is 2.16. The predicted molar refractivity (Wildman–Crippen MR) is 119 cm³/mol. The van der Waals surface area contributed by atoms with Gasteiger partial charge < -0.3 is 4.74 Å². The summed E-state index contributed by atoms with van der Waals surface area (Å²) in [6.45, 7) is 2.70. The topological polar surface area (TPSA) is 51.2 Å². The van der Waals surface area contributed by atoms with Crippen molar-refractivity contribution in [1.82, 2.24) is 4.98 Å². The normalized spacial score (nSPS) is 11.0. The minimum atomic E-state index is -0.344. The summed E-state index contributed by atoms with van der Waals surface area (Å²) < 4.78 is 6.59. The summed E-state index contributed by atoms with van der Waals surface area (Å²) in [5, 5.41) is 4.49. The van der Waals surface area contributed by atoms with Crippen LogP contribution in [0.3, 0.4) is 0 Å². The van der Waals surface area contributed by atoms with Crippen LogP contribution in [0.25, 0.3) is 10.2 Å². The largest absolute Gasteiger partial charge is 0.490 e. The quantitative estimate of drug-likeness (QED) is 0.357. The molecule has 1 heterocycles. The van der Waals surface area contributed by atoms with Crippen molar-refractivity contribution < 1.29 is 9.53 Å². The first-order valence-corrected chi connectivity index (χ1v) is 10.9. The third-order valence-corrected chi connectivity index (χ3v) is 5.81. The number of thiazole rings is 1. The zero-order valence-electron chi connectivity index (χ0n) is 15.2. The van der Waals surface area contributed by atoms with Gasteiger partial charge >= 0.3 is 0 Å². The van der Waals surface area contributed by atoms with Gasteiger partial charge in [0.05, 0.1) is 26.9 Å². The molecule has 1 amide bonds. The van der Waals surface area contributed by atoms with Crippen LogP contribution in [0.5, 0.6) is 5.75 Å². The van der Waals surface area contributed by atoms with Crippen LogP contribution in [0, 0.1) is 0 Å². The first-order valence-electron chi connectivity index (χ1n) is 8.97. The third-order valence-electron chi connectivity index (χ3n) is 4.08. The molecule has 1 N–H and O–H groups in total. The second-order valence-electron chi connectivity index (χ2n) is 6.26. The fourth-order valence-corrected chi connectivity index (χ4v) is 4.39. The lowest BCUT2D eigenvalue weighted by Gasteiger charge is -2.11. The SMILES string of the molecule is CCCCCCOc1c(Cl)cc(C(=O)Nc2nc3ccc(Cl)cc3s2)cc1Cl. The number of halogens is 3. The molecule has 0 unspecified atom stereocenters. The highest BCUT2D eigenvalue weighted by molar-refractivity contribution is 7.22. The number of nitrogens with zero attached hydrogens (tertiary/aromatic N) is 1. The Morgan fingerprint density at radius 2 is 1.86 bits per heavy atom. The second kappa shape index (κ2) is 9.79. The molecule has 4 nitrogen and oxygen atoms in total. The summed E-state index contributed by atoms with van der Waals surface area (Å²) >= 11 is 19.9. The number of carbonyl (C=O) groups is 1. The van der Waals surface area contributed by atoms with E-state index in [-0.39, 0.29) is 5.91 Å². The van der Waals surface area contributed by atoms with E-state index in [1.54, 1.807) is 18.2 Å². The molecule has 8 heteroatoms. The molecule has 0 saturated carbocycles. The van der Waals surface area contributed by atoms with Crippen molar-refractivity contribution in [1.29, 1.82) is 0 Å². The standard InChI is InChI=1S/C20H19Cl3N2O2S/c1-2-3-4-5-8-27-18-14(22)9-12(10-15(18)23)19(26)25-20-24-16-7-6-13(21)11-17(16)28-20/h6-7,9-11H,2-5,8H2,1H3,(H,24,25,26). The number of nitrogens with one attached hydrogen (secondary N) is 1. The van der Waals surface area contributed by atoms with Crippen LogP contribution in [-0.4, -0.2) is 17.5 Å². The number of amides is 1. The van der Waals surface area contributed by atoms with Crippen molar-refractivity contribution in [2.24, 2.45) is 0 Å². The minimum absolute atomic E-state index is 0.309. The average molecular weight is 458 g/mol. The van der Waals surface area contributed by atoms with E-state index in [0.29, 0.717) is 38.1 Å². The monoisotopic (exact) mass is 456 g/mol. The molecular formula is C20H19Cl3N2O2S. The number of fused-ring (bicyclic) bond motifs is 1. The maximum absolute atomic E-state index is 12.6. The molecule has 0 aliphatic carbocycles. The maximum atomic E-state index is 12.6. The number of carbonyl (C=O) groups excluding carboxylic acids is 1. The van der Waals surface area contributed by atoms with E-state index in [1.165, 1.54) is 17.8 Å². The highest BCUT2D eigenvalue weighted by atomic mass is 35.5. The maximum Gasteiger partial charge on any atom is 0.257 e. The fraction of sp³-hybridized carbons (Fsp3) is 0.300. The Labute approximate surface area is 182 Å². The zero-order valence-corrected chi connectivity index (χ0v) is 18.3. The summed E-state index contributed by atoms with van der Waals surface area (Å²) in [5.74, 6) is 0.0643. The van der Waals surface area contributed by atoms with Gasteiger partial charge in [-0.2, -0.15) is 0 Å². The van der Waals surface area contributed by atoms with Crippen molar-refractivity contribution in [2.45, 2.75) is 32.6 Å². The van der Waals surface area contributed by atoms with Crippen molar-refractivity contribution in [3.8, 4) is 5.75 Å². The second-order valence-corrected chi connectivity index (χ2v) is 8.54. The molecule has 0 radical (unpaired) electrons. The average Bonchev–Trinajstić information content (AvgIpc) is 3.04. The summed E-state index contributed by atoms with van der Waals surface area (Å²) in [5.41, 5.74) is 1.11. The Hall–Kier alpha value is -1.53. The van der Waals surface area contributed by atoms with Crippen LogP contribution in [0.15, 0.2) is 30.3 Å². The summed E-state index contributed by atoms with van der Waals surface area (Å²) in [6.07, 6.45) is 4.36. The van der Waals surface area contributed by atoms with E-state index >= 15 is 0 Å².